The van der Waals surface area contributed by atoms with Crippen LogP contribution in [0.25, 0.3) is 0 Å². The Kier molecular flexibility index (Phi) is 6.51. The quantitative estimate of drug-likeness (QED) is 0.744. The van der Waals surface area contributed by atoms with Gasteiger partial charge in [0.1, 0.15) is 5.75 Å². The number of methoxy groups -OCH3 is 2. The molecular weight excluding hydrogens is 326 g/mol. The number of benzene rings is 1. The van der Waals surface area contributed by atoms with E-state index in [-0.39, 0.29) is 11.9 Å². The van der Waals surface area contributed by atoms with Gasteiger partial charge in [-0.3, -0.25) is 9.59 Å². The van der Waals surface area contributed by atoms with Gasteiger partial charge in [-0.2, -0.15) is 0 Å². The van der Waals surface area contributed by atoms with Crippen molar-refractivity contribution < 1.29 is 19.1 Å². The summed E-state index contributed by atoms with van der Waals surface area (Å²) >= 11 is 3.35. The van der Waals surface area contributed by atoms with Gasteiger partial charge in [-0.25, -0.2) is 0 Å². The fourth-order valence-corrected chi connectivity index (χ4v) is 2.08. The van der Waals surface area contributed by atoms with Crippen molar-refractivity contribution in [1.29, 1.82) is 0 Å². The van der Waals surface area contributed by atoms with Gasteiger partial charge in [-0.1, -0.05) is 0 Å². The second-order valence-electron chi connectivity index (χ2n) is 4.25. The highest BCUT2D eigenvalue weighted by molar-refractivity contribution is 9.10. The maximum atomic E-state index is 12.3. The maximum absolute atomic E-state index is 12.3. The van der Waals surface area contributed by atoms with Crippen molar-refractivity contribution in [3.05, 3.63) is 28.2 Å². The van der Waals surface area contributed by atoms with E-state index in [0.717, 1.165) is 0 Å². The lowest BCUT2D eigenvalue weighted by atomic mass is 10.2. The van der Waals surface area contributed by atoms with Gasteiger partial charge in [0.2, 0.25) is 0 Å². The fraction of sp³-hybridized carbons (Fsp3) is 0.429. The number of carbonyl (C=O) groups is 2. The van der Waals surface area contributed by atoms with Gasteiger partial charge in [0, 0.05) is 24.5 Å². The average molecular weight is 344 g/mol. The van der Waals surface area contributed by atoms with Crippen molar-refractivity contribution in [2.75, 3.05) is 27.8 Å². The second kappa shape index (κ2) is 7.89. The van der Waals surface area contributed by atoms with Crippen LogP contribution in [0.1, 0.15) is 23.2 Å². The smallest absolute Gasteiger partial charge is 0.305 e. The van der Waals surface area contributed by atoms with E-state index in [1.54, 1.807) is 37.3 Å². The molecule has 0 spiro atoms. The van der Waals surface area contributed by atoms with E-state index < -0.39 is 0 Å². The van der Waals surface area contributed by atoms with Crippen LogP contribution >= 0.6 is 15.9 Å². The first-order valence-corrected chi connectivity index (χ1v) is 6.94. The van der Waals surface area contributed by atoms with Crippen molar-refractivity contribution in [3.8, 4) is 5.75 Å². The summed E-state index contributed by atoms with van der Waals surface area (Å²) in [5.74, 6) is 0.230. The van der Waals surface area contributed by atoms with Crippen LogP contribution in [-0.2, 0) is 9.53 Å². The third-order valence-corrected chi connectivity index (χ3v) is 3.54. The lowest BCUT2D eigenvalue weighted by Crippen LogP contribution is -2.28. The summed E-state index contributed by atoms with van der Waals surface area (Å²) < 4.78 is 10.4. The van der Waals surface area contributed by atoms with Crippen LogP contribution in [0.4, 0.5) is 0 Å². The fourth-order valence-electron chi connectivity index (χ4n) is 1.67. The summed E-state index contributed by atoms with van der Waals surface area (Å²) in [5, 5.41) is 0. The number of halogens is 1. The Bertz CT molecular complexity index is 490. The van der Waals surface area contributed by atoms with Crippen LogP contribution < -0.4 is 4.74 Å². The van der Waals surface area contributed by atoms with E-state index in [1.807, 2.05) is 0 Å². The van der Waals surface area contributed by atoms with Crippen LogP contribution in [0.3, 0.4) is 0 Å². The predicted molar refractivity (Wildman–Crippen MR) is 78.9 cm³/mol. The molecule has 6 heteroatoms. The molecule has 0 atom stereocenters. The van der Waals surface area contributed by atoms with Gasteiger partial charge in [0.25, 0.3) is 5.91 Å². The van der Waals surface area contributed by atoms with E-state index in [1.165, 1.54) is 7.11 Å². The standard InChI is InChI=1S/C14H18BrNO4/c1-16(8-4-5-13(17)20-3)14(18)11-9-10(19-2)6-7-12(11)15/h6-7,9H,4-5,8H2,1-3H3. The molecule has 0 N–H and O–H groups in total. The van der Waals surface area contributed by atoms with Crippen molar-refractivity contribution >= 4 is 27.8 Å². The van der Waals surface area contributed by atoms with Crippen molar-refractivity contribution in [3.63, 3.8) is 0 Å². The Hall–Kier alpha value is -1.56. The highest BCUT2D eigenvalue weighted by Gasteiger charge is 2.16. The van der Waals surface area contributed by atoms with Crippen LogP contribution in [0.15, 0.2) is 22.7 Å². The molecule has 1 aromatic carbocycles. The topological polar surface area (TPSA) is 55.8 Å². The zero-order chi connectivity index (χ0) is 15.1. The number of amides is 1. The first kappa shape index (κ1) is 16.5. The lowest BCUT2D eigenvalue weighted by molar-refractivity contribution is -0.140. The van der Waals surface area contributed by atoms with Gasteiger partial charge in [0.15, 0.2) is 0 Å². The van der Waals surface area contributed by atoms with Crippen molar-refractivity contribution in [2.24, 2.45) is 0 Å². The Labute approximate surface area is 127 Å². The summed E-state index contributed by atoms with van der Waals surface area (Å²) in [4.78, 5) is 24.9. The normalized spacial score (nSPS) is 10.0. The molecule has 1 aromatic rings. The predicted octanol–water partition coefficient (Wildman–Crippen LogP) is 2.48. The van der Waals surface area contributed by atoms with Crippen molar-refractivity contribution in [1.82, 2.24) is 4.90 Å². The molecule has 0 fully saturated rings. The summed E-state index contributed by atoms with van der Waals surface area (Å²) in [6.45, 7) is 0.484. The molecule has 1 rings (SSSR count). The molecule has 0 saturated heterocycles. The zero-order valence-corrected chi connectivity index (χ0v) is 13.4. The monoisotopic (exact) mass is 343 g/mol. The van der Waals surface area contributed by atoms with Gasteiger partial charge >= 0.3 is 5.97 Å². The average Bonchev–Trinajstić information content (AvgIpc) is 2.46. The summed E-state index contributed by atoms with van der Waals surface area (Å²) in [6.07, 6.45) is 0.865. The van der Waals surface area contributed by atoms with E-state index in [4.69, 9.17) is 4.74 Å². The highest BCUT2D eigenvalue weighted by Crippen LogP contribution is 2.23. The molecule has 0 radical (unpaired) electrons. The molecule has 20 heavy (non-hydrogen) atoms. The van der Waals surface area contributed by atoms with Gasteiger partial charge in [-0.15, -0.1) is 0 Å². The molecule has 0 unspecified atom stereocenters. The summed E-state index contributed by atoms with van der Waals surface area (Å²) in [6, 6.07) is 5.23. The Balaban J connectivity index is 2.66. The van der Waals surface area contributed by atoms with Crippen LogP contribution in [0.5, 0.6) is 5.75 Å². The SMILES string of the molecule is COC(=O)CCCN(C)C(=O)c1cc(OC)ccc1Br. The number of hydrogen-bond donors (Lipinski definition) is 0. The Morgan fingerprint density at radius 2 is 2.00 bits per heavy atom. The molecule has 110 valence electrons. The third-order valence-electron chi connectivity index (χ3n) is 2.85. The van der Waals surface area contributed by atoms with E-state index in [9.17, 15) is 9.59 Å². The highest BCUT2D eigenvalue weighted by atomic mass is 79.9. The third kappa shape index (κ3) is 4.52. The Morgan fingerprint density at radius 1 is 1.30 bits per heavy atom. The molecular formula is C14H18BrNO4. The van der Waals surface area contributed by atoms with Gasteiger partial charge in [0.05, 0.1) is 19.8 Å². The first-order chi connectivity index (χ1) is 9.49. The number of hydrogen-bond acceptors (Lipinski definition) is 4. The molecule has 0 aliphatic rings. The van der Waals surface area contributed by atoms with E-state index in [2.05, 4.69) is 20.7 Å². The molecule has 0 saturated carbocycles. The number of nitrogens with zero attached hydrogens (tertiary/aromatic N) is 1. The van der Waals surface area contributed by atoms with Gasteiger partial charge < -0.3 is 14.4 Å². The molecule has 5 nitrogen and oxygen atoms in total. The number of carbonyl (C=O) groups excluding carboxylic acids is 2. The summed E-state index contributed by atoms with van der Waals surface area (Å²) in [5.41, 5.74) is 0.532. The van der Waals surface area contributed by atoms with E-state index in [0.29, 0.717) is 35.2 Å². The maximum Gasteiger partial charge on any atom is 0.305 e. The lowest BCUT2D eigenvalue weighted by Gasteiger charge is -2.18. The summed E-state index contributed by atoms with van der Waals surface area (Å²) in [7, 11) is 4.60. The van der Waals surface area contributed by atoms with Crippen molar-refractivity contribution in [2.45, 2.75) is 12.8 Å². The van der Waals surface area contributed by atoms with E-state index >= 15 is 0 Å². The minimum absolute atomic E-state index is 0.124. The number of rotatable bonds is 6. The van der Waals surface area contributed by atoms with Crippen LogP contribution in [-0.4, -0.2) is 44.6 Å². The largest absolute Gasteiger partial charge is 0.497 e. The first-order valence-electron chi connectivity index (χ1n) is 6.15. The minimum atomic E-state index is -0.270. The number of esters is 1. The minimum Gasteiger partial charge on any atom is -0.497 e. The molecule has 0 bridgehead atoms. The zero-order valence-electron chi connectivity index (χ0n) is 11.8. The molecule has 0 aliphatic carbocycles. The molecule has 0 aliphatic heterocycles. The van der Waals surface area contributed by atoms with Crippen LogP contribution in [0, 0.1) is 0 Å². The molecule has 0 aromatic heterocycles. The number of ether oxygens (including phenoxy) is 2. The second-order valence-corrected chi connectivity index (χ2v) is 5.11. The molecule has 1 amide bonds. The van der Waals surface area contributed by atoms with Crippen LogP contribution in [0.2, 0.25) is 0 Å². The molecule has 0 heterocycles. The Morgan fingerprint density at radius 3 is 2.60 bits per heavy atom. The van der Waals surface area contributed by atoms with Gasteiger partial charge in [-0.05, 0) is 40.5 Å².